The third-order valence-electron chi connectivity index (χ3n) is 2.99. The Morgan fingerprint density at radius 2 is 2.18 bits per heavy atom. The first kappa shape index (κ1) is 11.9. The van der Waals surface area contributed by atoms with E-state index in [9.17, 15) is 4.79 Å². The Bertz CT molecular complexity index is 442. The van der Waals surface area contributed by atoms with Gasteiger partial charge < -0.3 is 16.0 Å². The number of nitrogens with zero attached hydrogens (tertiary/aromatic N) is 1. The number of carbonyl (C=O) groups is 1. The molecular formula is C13H19N3O. The smallest absolute Gasteiger partial charge is 0.245 e. The van der Waals surface area contributed by atoms with Crippen molar-refractivity contribution in [2.24, 2.45) is 11.7 Å². The number of rotatable bonds is 3. The molecule has 0 spiro atoms. The molecule has 1 aliphatic heterocycles. The molecule has 0 aromatic heterocycles. The molecule has 17 heavy (non-hydrogen) atoms. The van der Waals surface area contributed by atoms with Crippen molar-refractivity contribution in [1.82, 2.24) is 0 Å². The molecule has 0 aliphatic carbocycles. The van der Waals surface area contributed by atoms with Gasteiger partial charge in [0.1, 0.15) is 6.04 Å². The molecule has 2 rings (SSSR count). The molecule has 92 valence electrons. The lowest BCUT2D eigenvalue weighted by Gasteiger charge is -2.22. The Labute approximate surface area is 102 Å². The van der Waals surface area contributed by atoms with Crippen molar-refractivity contribution >= 4 is 17.3 Å². The van der Waals surface area contributed by atoms with Crippen LogP contribution in [0.15, 0.2) is 18.2 Å². The van der Waals surface area contributed by atoms with Gasteiger partial charge >= 0.3 is 0 Å². The highest BCUT2D eigenvalue weighted by atomic mass is 16.2. The number of hydrogen-bond acceptors (Lipinski definition) is 3. The van der Waals surface area contributed by atoms with E-state index in [-0.39, 0.29) is 5.91 Å². The molecule has 1 heterocycles. The first-order chi connectivity index (χ1) is 7.99. The van der Waals surface area contributed by atoms with Crippen LogP contribution in [0.2, 0.25) is 0 Å². The average Bonchev–Trinajstić information content (AvgIpc) is 2.53. The maximum absolute atomic E-state index is 11.4. The molecule has 3 N–H and O–H groups in total. The van der Waals surface area contributed by atoms with Crippen LogP contribution in [0.3, 0.4) is 0 Å². The SMILES string of the molecule is CC(C)CN(C)c1ccc2c(c1)NC(=O)C2N. The fourth-order valence-electron chi connectivity index (χ4n) is 2.17. The molecule has 0 bridgehead atoms. The summed E-state index contributed by atoms with van der Waals surface area (Å²) in [5.74, 6) is 0.480. The predicted octanol–water partition coefficient (Wildman–Crippen LogP) is 1.73. The number of nitrogens with two attached hydrogens (primary N) is 1. The van der Waals surface area contributed by atoms with Gasteiger partial charge in [0.15, 0.2) is 0 Å². The highest BCUT2D eigenvalue weighted by molar-refractivity contribution is 6.02. The van der Waals surface area contributed by atoms with Gasteiger partial charge in [-0.15, -0.1) is 0 Å². The van der Waals surface area contributed by atoms with Crippen molar-refractivity contribution in [2.75, 3.05) is 23.8 Å². The lowest BCUT2D eigenvalue weighted by molar-refractivity contribution is -0.116. The first-order valence-corrected chi connectivity index (χ1v) is 5.90. The minimum Gasteiger partial charge on any atom is -0.374 e. The molecule has 4 nitrogen and oxygen atoms in total. The number of carbonyl (C=O) groups excluding carboxylic acids is 1. The molecule has 1 aliphatic rings. The van der Waals surface area contributed by atoms with Crippen molar-refractivity contribution in [3.63, 3.8) is 0 Å². The lowest BCUT2D eigenvalue weighted by Crippen LogP contribution is -2.22. The van der Waals surface area contributed by atoms with Gasteiger partial charge in [-0.3, -0.25) is 4.79 Å². The molecule has 4 heteroatoms. The van der Waals surface area contributed by atoms with Gasteiger partial charge in [-0.1, -0.05) is 19.9 Å². The van der Waals surface area contributed by atoms with E-state index in [0.29, 0.717) is 5.92 Å². The Morgan fingerprint density at radius 1 is 1.47 bits per heavy atom. The summed E-state index contributed by atoms with van der Waals surface area (Å²) < 4.78 is 0. The Kier molecular flexibility index (Phi) is 3.07. The highest BCUT2D eigenvalue weighted by Crippen LogP contribution is 2.32. The summed E-state index contributed by atoms with van der Waals surface area (Å²) in [6.07, 6.45) is 0. The van der Waals surface area contributed by atoms with E-state index in [1.807, 2.05) is 18.2 Å². The molecule has 1 amide bonds. The van der Waals surface area contributed by atoms with Crippen LogP contribution < -0.4 is 16.0 Å². The van der Waals surface area contributed by atoms with E-state index in [1.165, 1.54) is 0 Å². The van der Waals surface area contributed by atoms with Crippen molar-refractivity contribution < 1.29 is 4.79 Å². The first-order valence-electron chi connectivity index (χ1n) is 5.90. The quantitative estimate of drug-likeness (QED) is 0.836. The summed E-state index contributed by atoms with van der Waals surface area (Å²) in [5.41, 5.74) is 8.60. The van der Waals surface area contributed by atoms with Gasteiger partial charge in [0, 0.05) is 30.5 Å². The number of fused-ring (bicyclic) bond motifs is 1. The van der Waals surface area contributed by atoms with Crippen molar-refractivity contribution in [3.8, 4) is 0 Å². The number of benzene rings is 1. The molecule has 0 saturated carbocycles. The number of nitrogens with one attached hydrogen (secondary N) is 1. The third-order valence-corrected chi connectivity index (χ3v) is 2.99. The monoisotopic (exact) mass is 233 g/mol. The average molecular weight is 233 g/mol. The second-order valence-electron chi connectivity index (χ2n) is 5.01. The molecule has 1 atom stereocenters. The second kappa shape index (κ2) is 4.37. The maximum Gasteiger partial charge on any atom is 0.245 e. The summed E-state index contributed by atoms with van der Waals surface area (Å²) in [5, 5.41) is 2.81. The topological polar surface area (TPSA) is 58.4 Å². The Balaban J connectivity index is 2.24. The molecular weight excluding hydrogens is 214 g/mol. The Hall–Kier alpha value is -1.55. The molecule has 1 aromatic rings. The van der Waals surface area contributed by atoms with E-state index in [4.69, 9.17) is 5.73 Å². The molecule has 0 radical (unpaired) electrons. The van der Waals surface area contributed by atoms with Crippen molar-refractivity contribution in [3.05, 3.63) is 23.8 Å². The van der Waals surface area contributed by atoms with Gasteiger partial charge in [-0.25, -0.2) is 0 Å². The fourth-order valence-corrected chi connectivity index (χ4v) is 2.17. The van der Waals surface area contributed by atoms with Crippen LogP contribution in [-0.4, -0.2) is 19.5 Å². The minimum absolute atomic E-state index is 0.122. The summed E-state index contributed by atoms with van der Waals surface area (Å²) >= 11 is 0. The fraction of sp³-hybridized carbons (Fsp3) is 0.462. The van der Waals surface area contributed by atoms with Crippen LogP contribution >= 0.6 is 0 Å². The Morgan fingerprint density at radius 3 is 2.82 bits per heavy atom. The van der Waals surface area contributed by atoms with E-state index in [2.05, 4.69) is 31.1 Å². The molecule has 1 aromatic carbocycles. The van der Waals surface area contributed by atoms with Crippen LogP contribution in [0.5, 0.6) is 0 Å². The van der Waals surface area contributed by atoms with E-state index in [1.54, 1.807) is 0 Å². The second-order valence-corrected chi connectivity index (χ2v) is 5.01. The predicted molar refractivity (Wildman–Crippen MR) is 70.1 cm³/mol. The third kappa shape index (κ3) is 2.26. The number of hydrogen-bond donors (Lipinski definition) is 2. The molecule has 0 saturated heterocycles. The van der Waals surface area contributed by atoms with Crippen LogP contribution in [0.1, 0.15) is 25.5 Å². The summed E-state index contributed by atoms with van der Waals surface area (Å²) in [7, 11) is 2.05. The van der Waals surface area contributed by atoms with Crippen LogP contribution in [0, 0.1) is 5.92 Å². The number of anilines is 2. The summed E-state index contributed by atoms with van der Waals surface area (Å²) in [4.78, 5) is 13.6. The zero-order valence-corrected chi connectivity index (χ0v) is 10.5. The van der Waals surface area contributed by atoms with Crippen molar-refractivity contribution in [1.29, 1.82) is 0 Å². The standard InChI is InChI=1S/C13H19N3O/c1-8(2)7-16(3)9-4-5-10-11(6-9)15-13(17)12(10)14/h4-6,8,12H,7,14H2,1-3H3,(H,15,17). The summed E-state index contributed by atoms with van der Waals surface area (Å²) in [6.45, 7) is 5.35. The van der Waals surface area contributed by atoms with E-state index in [0.717, 1.165) is 23.5 Å². The van der Waals surface area contributed by atoms with Gasteiger partial charge in [0.2, 0.25) is 5.91 Å². The van der Waals surface area contributed by atoms with Gasteiger partial charge in [-0.05, 0) is 18.1 Å². The van der Waals surface area contributed by atoms with E-state index >= 15 is 0 Å². The highest BCUT2D eigenvalue weighted by Gasteiger charge is 2.27. The van der Waals surface area contributed by atoms with Crippen LogP contribution in [-0.2, 0) is 4.79 Å². The number of amides is 1. The zero-order valence-electron chi connectivity index (χ0n) is 10.5. The van der Waals surface area contributed by atoms with E-state index < -0.39 is 6.04 Å². The largest absolute Gasteiger partial charge is 0.374 e. The van der Waals surface area contributed by atoms with Gasteiger partial charge in [0.25, 0.3) is 0 Å². The summed E-state index contributed by atoms with van der Waals surface area (Å²) in [6, 6.07) is 5.42. The van der Waals surface area contributed by atoms with Gasteiger partial charge in [-0.2, -0.15) is 0 Å². The molecule has 1 unspecified atom stereocenters. The normalized spacial score (nSPS) is 18.2. The van der Waals surface area contributed by atoms with Crippen LogP contribution in [0.25, 0.3) is 0 Å². The molecule has 0 fully saturated rings. The lowest BCUT2D eigenvalue weighted by atomic mass is 10.1. The minimum atomic E-state index is -0.519. The van der Waals surface area contributed by atoms with Gasteiger partial charge in [0.05, 0.1) is 0 Å². The zero-order chi connectivity index (χ0) is 12.6. The van der Waals surface area contributed by atoms with Crippen molar-refractivity contribution in [2.45, 2.75) is 19.9 Å². The maximum atomic E-state index is 11.4. The van der Waals surface area contributed by atoms with Crippen LogP contribution in [0.4, 0.5) is 11.4 Å².